The molecule has 0 unspecified atom stereocenters. The largest absolute Gasteiger partial charge is 4.00 e. The molecule has 0 atom stereocenters. The molecule has 0 aliphatic rings. The van der Waals surface area contributed by atoms with Crippen molar-refractivity contribution in [2.45, 2.75) is 0 Å². The van der Waals surface area contributed by atoms with Crippen molar-refractivity contribution >= 4 is 0 Å². The van der Waals surface area contributed by atoms with E-state index in [1.807, 2.05) is 0 Å². The second-order valence-electron chi connectivity index (χ2n) is 1.97. The molecule has 1 aromatic carbocycles. The number of nitrogens with zero attached hydrogens (tertiary/aromatic N) is 3. The van der Waals surface area contributed by atoms with Crippen LogP contribution in [0.5, 0.6) is 0 Å². The SMILES string of the molecule is C[N-]C.C[N-]C.C[N-]C.[2H]c1c([2H])c([2H])[c-]([2H])c1[2H].[Zr+4]. The quantitative estimate of drug-likeness (QED) is 0.659. The van der Waals surface area contributed by atoms with Gasteiger partial charge in [0.25, 0.3) is 0 Å². The van der Waals surface area contributed by atoms with Crippen molar-refractivity contribution in [2.24, 2.45) is 0 Å². The van der Waals surface area contributed by atoms with Crippen LogP contribution in [0.15, 0.2) is 30.2 Å². The zero-order valence-corrected chi connectivity index (χ0v) is 12.8. The van der Waals surface area contributed by atoms with E-state index in [1.54, 1.807) is 42.3 Å². The summed E-state index contributed by atoms with van der Waals surface area (Å²) in [5.41, 5.74) is 0. The Labute approximate surface area is 122 Å². The first-order valence-corrected chi connectivity index (χ1v) is 3.93. The summed E-state index contributed by atoms with van der Waals surface area (Å²) in [6.07, 6.45) is 0. The van der Waals surface area contributed by atoms with Crippen molar-refractivity contribution in [3.8, 4) is 0 Å². The fourth-order valence-corrected chi connectivity index (χ4v) is 0.156. The van der Waals surface area contributed by atoms with Crippen LogP contribution in [0, 0.1) is 0 Å². The second kappa shape index (κ2) is 36.9. The van der Waals surface area contributed by atoms with Gasteiger partial charge in [0.15, 0.2) is 0 Å². The van der Waals surface area contributed by atoms with Crippen LogP contribution >= 0.6 is 0 Å². The Balaban J connectivity index is -0.000000108. The molecule has 1 aromatic rings. The van der Waals surface area contributed by atoms with Gasteiger partial charge >= 0.3 is 26.2 Å². The fourth-order valence-electron chi connectivity index (χ4n) is 0.156. The first-order valence-electron chi connectivity index (χ1n) is 6.43. The van der Waals surface area contributed by atoms with Gasteiger partial charge in [-0.15, -0.1) is 0 Å². The van der Waals surface area contributed by atoms with Gasteiger partial charge in [0.2, 0.25) is 0 Å². The smallest absolute Gasteiger partial charge is 0.668 e. The van der Waals surface area contributed by atoms with Gasteiger partial charge in [-0.2, -0.15) is 60.4 Å². The maximum absolute atomic E-state index is 6.99. The molecule has 0 aromatic heterocycles. The third-order valence-electron chi connectivity index (χ3n) is 0.312. The van der Waals surface area contributed by atoms with Crippen LogP contribution in [0.1, 0.15) is 6.85 Å². The molecule has 4 heteroatoms. The van der Waals surface area contributed by atoms with Gasteiger partial charge in [-0.1, -0.05) is 0 Å². The summed E-state index contributed by atoms with van der Waals surface area (Å²) in [5, 5.41) is 10.5. The third-order valence-corrected chi connectivity index (χ3v) is 0.312. The van der Waals surface area contributed by atoms with Crippen molar-refractivity contribution in [3.63, 3.8) is 0 Å². The predicted octanol–water partition coefficient (Wildman–Crippen LogP) is 3.26. The molecule has 0 heterocycles. The van der Waals surface area contributed by atoms with Gasteiger partial charge in [-0.25, -0.2) is 12.1 Å². The average molecular weight is 294 g/mol. The van der Waals surface area contributed by atoms with E-state index in [0.717, 1.165) is 0 Å². The average Bonchev–Trinajstić information content (AvgIpc) is 2.51. The van der Waals surface area contributed by atoms with E-state index >= 15 is 0 Å². The minimum atomic E-state index is -0.324. The molecule has 86 valence electrons. The van der Waals surface area contributed by atoms with Gasteiger partial charge < -0.3 is 16.0 Å². The molecule has 0 spiro atoms. The van der Waals surface area contributed by atoms with Crippen LogP contribution in [-0.2, 0) is 26.2 Å². The van der Waals surface area contributed by atoms with Crippen LogP contribution in [0.25, 0.3) is 16.0 Å². The first kappa shape index (κ1) is 11.6. The van der Waals surface area contributed by atoms with E-state index < -0.39 is 0 Å². The number of hydrogen-bond donors (Lipinski definition) is 0. The molecule has 0 N–H and O–H groups in total. The molecule has 0 fully saturated rings. The Hall–Kier alpha value is 0.113. The summed E-state index contributed by atoms with van der Waals surface area (Å²) in [6, 6.07) is -1.62. The molecule has 3 nitrogen and oxygen atoms in total. The van der Waals surface area contributed by atoms with E-state index in [9.17, 15) is 0 Å². The Kier molecular flexibility index (Phi) is 28.5. The Morgan fingerprint density at radius 1 is 0.867 bits per heavy atom. The molecule has 0 aliphatic carbocycles. The molecule has 15 heavy (non-hydrogen) atoms. The normalized spacial score (nSPS) is 10.9. The molecule has 0 aliphatic heterocycles. The zero-order valence-electron chi connectivity index (χ0n) is 15.3. The van der Waals surface area contributed by atoms with Gasteiger partial charge in [0.05, 0.1) is 0 Å². The minimum absolute atomic E-state index is 0. The molecule has 0 bridgehead atoms. The fraction of sp³-hybridized carbons (Fsp3) is 0.545. The van der Waals surface area contributed by atoms with Gasteiger partial charge in [-0.3, -0.25) is 0 Å². The second-order valence-corrected chi connectivity index (χ2v) is 1.97. The molecular weight excluding hydrogens is 265 g/mol. The summed E-state index contributed by atoms with van der Waals surface area (Å²) in [7, 11) is 10.5. The standard InChI is InChI=1S/C5H5.3C2H6N.Zr/c1-2-4-5-3-1;3*1-3-2;/h1-5H;3*1-2H3;/q4*-1;+4/i1D,2D,3D,4D,5D;;;;. The van der Waals surface area contributed by atoms with Crippen LogP contribution < -0.4 is 0 Å². The number of rotatable bonds is 0. The summed E-state index contributed by atoms with van der Waals surface area (Å²) in [5.74, 6) is 0. The van der Waals surface area contributed by atoms with Crippen molar-refractivity contribution in [1.82, 2.24) is 0 Å². The van der Waals surface area contributed by atoms with Gasteiger partial charge in [-0.05, 0) is 4.11 Å². The van der Waals surface area contributed by atoms with Crippen LogP contribution in [0.4, 0.5) is 0 Å². The van der Waals surface area contributed by atoms with Crippen molar-refractivity contribution in [1.29, 1.82) is 0 Å². The van der Waals surface area contributed by atoms with Gasteiger partial charge in [0, 0.05) is 2.74 Å². The number of hydrogen-bond acceptors (Lipinski definition) is 0. The summed E-state index contributed by atoms with van der Waals surface area (Å²) < 4.78 is 35.0. The van der Waals surface area contributed by atoms with Crippen molar-refractivity contribution in [2.75, 3.05) is 42.3 Å². The van der Waals surface area contributed by atoms with E-state index in [1.165, 1.54) is 0 Å². The Bertz CT molecular complexity index is 236. The first-order chi connectivity index (χ1) is 8.80. The molecule has 0 saturated heterocycles. The summed E-state index contributed by atoms with van der Waals surface area (Å²) >= 11 is 0. The zero-order chi connectivity index (χ0) is 16.0. The van der Waals surface area contributed by atoms with Gasteiger partial charge in [0.1, 0.15) is 0 Å². The van der Waals surface area contributed by atoms with Crippen molar-refractivity contribution in [3.05, 3.63) is 46.2 Å². The molecule has 0 radical (unpaired) electrons. The summed E-state index contributed by atoms with van der Waals surface area (Å²) in [6.45, 7) is 0. The molecule has 1 rings (SSSR count). The third kappa shape index (κ3) is 79.2. The van der Waals surface area contributed by atoms with Crippen molar-refractivity contribution < 1.29 is 33.1 Å². The van der Waals surface area contributed by atoms with Crippen LogP contribution in [0.2, 0.25) is 0 Å². The molecule has 0 saturated carbocycles. The Morgan fingerprint density at radius 2 is 1.07 bits per heavy atom. The van der Waals surface area contributed by atoms with Crippen LogP contribution in [-0.4, -0.2) is 42.3 Å². The van der Waals surface area contributed by atoms with E-state index in [4.69, 9.17) is 6.85 Å². The van der Waals surface area contributed by atoms with E-state index in [2.05, 4.69) is 16.0 Å². The molecule has 0 amide bonds. The monoisotopic (exact) mass is 292 g/mol. The topological polar surface area (TPSA) is 42.3 Å². The predicted molar refractivity (Wildman–Crippen MR) is 67.7 cm³/mol. The van der Waals surface area contributed by atoms with Crippen LogP contribution in [0.3, 0.4) is 0 Å². The van der Waals surface area contributed by atoms with E-state index in [0.29, 0.717) is 0 Å². The Morgan fingerprint density at radius 3 is 1.13 bits per heavy atom. The van der Waals surface area contributed by atoms with E-state index in [-0.39, 0.29) is 56.4 Å². The minimum Gasteiger partial charge on any atom is -0.668 e. The summed E-state index contributed by atoms with van der Waals surface area (Å²) in [4.78, 5) is 0. The maximum Gasteiger partial charge on any atom is 4.00 e. The molecular formula is C11H23N3Zr. The maximum atomic E-state index is 6.99.